The molecular weight excluding hydrogens is 278 g/mol. The van der Waals surface area contributed by atoms with Crippen LogP contribution in [0.5, 0.6) is 0 Å². The van der Waals surface area contributed by atoms with Crippen molar-refractivity contribution >= 4 is 5.96 Å². The molecule has 5 nitrogen and oxygen atoms in total. The Bertz CT molecular complexity index is 455. The van der Waals surface area contributed by atoms with Gasteiger partial charge in [-0.25, -0.2) is 4.99 Å². The van der Waals surface area contributed by atoms with Crippen LogP contribution in [0, 0.1) is 0 Å². The maximum Gasteiger partial charge on any atom is 0.191 e. The highest BCUT2D eigenvalue weighted by molar-refractivity contribution is 5.80. The average molecular weight is 305 g/mol. The van der Waals surface area contributed by atoms with Crippen LogP contribution >= 0.6 is 0 Å². The summed E-state index contributed by atoms with van der Waals surface area (Å²) in [5.74, 6) is 0.873. The highest BCUT2D eigenvalue weighted by Crippen LogP contribution is 2.18. The number of guanidine groups is 1. The number of hydrogen-bond donors (Lipinski definition) is 2. The van der Waals surface area contributed by atoms with Gasteiger partial charge in [-0.2, -0.15) is 0 Å². The van der Waals surface area contributed by atoms with E-state index in [2.05, 4.69) is 39.9 Å². The Morgan fingerprint density at radius 2 is 1.95 bits per heavy atom. The molecule has 0 atom stereocenters. The van der Waals surface area contributed by atoms with Crippen molar-refractivity contribution in [3.05, 3.63) is 35.4 Å². The standard InChI is InChI=1S/C17H27N3O2/c1-3-22-13-15-6-4-14(5-7-15)12-19-17(18-10-11-21-2)20-16-8-9-16/h4-7,16H,3,8-13H2,1-2H3,(H2,18,19,20). The average Bonchev–Trinajstić information content (AvgIpc) is 3.35. The molecule has 1 fully saturated rings. The molecule has 0 amide bonds. The van der Waals surface area contributed by atoms with Gasteiger partial charge in [-0.1, -0.05) is 24.3 Å². The van der Waals surface area contributed by atoms with Gasteiger partial charge in [-0.05, 0) is 30.9 Å². The summed E-state index contributed by atoms with van der Waals surface area (Å²) in [5.41, 5.74) is 2.40. The number of hydrogen-bond acceptors (Lipinski definition) is 3. The third-order valence-electron chi connectivity index (χ3n) is 3.43. The van der Waals surface area contributed by atoms with Gasteiger partial charge in [0.2, 0.25) is 0 Å². The van der Waals surface area contributed by atoms with E-state index in [0.717, 1.165) is 19.1 Å². The van der Waals surface area contributed by atoms with Gasteiger partial charge >= 0.3 is 0 Å². The number of nitrogens with zero attached hydrogens (tertiary/aromatic N) is 1. The van der Waals surface area contributed by atoms with Crippen molar-refractivity contribution in [3.63, 3.8) is 0 Å². The molecule has 1 saturated carbocycles. The largest absolute Gasteiger partial charge is 0.383 e. The molecule has 0 aliphatic heterocycles. The highest BCUT2D eigenvalue weighted by Gasteiger charge is 2.22. The maximum absolute atomic E-state index is 5.40. The minimum Gasteiger partial charge on any atom is -0.383 e. The molecular formula is C17H27N3O2. The minimum absolute atomic E-state index is 0.586. The third kappa shape index (κ3) is 6.45. The molecule has 0 unspecified atom stereocenters. The Labute approximate surface area is 133 Å². The van der Waals surface area contributed by atoms with E-state index < -0.39 is 0 Å². The molecule has 122 valence electrons. The topological polar surface area (TPSA) is 54.9 Å². The second-order valence-corrected chi connectivity index (χ2v) is 5.46. The van der Waals surface area contributed by atoms with Crippen molar-refractivity contribution in [1.29, 1.82) is 0 Å². The van der Waals surface area contributed by atoms with Gasteiger partial charge in [-0.15, -0.1) is 0 Å². The Balaban J connectivity index is 1.84. The van der Waals surface area contributed by atoms with Crippen LogP contribution in [0.1, 0.15) is 30.9 Å². The van der Waals surface area contributed by atoms with Crippen molar-refractivity contribution in [2.24, 2.45) is 4.99 Å². The Hall–Kier alpha value is -1.59. The smallest absolute Gasteiger partial charge is 0.191 e. The van der Waals surface area contributed by atoms with Gasteiger partial charge in [0.05, 0.1) is 19.8 Å². The molecule has 0 heterocycles. The molecule has 1 aliphatic carbocycles. The quantitative estimate of drug-likeness (QED) is 0.417. The zero-order valence-electron chi connectivity index (χ0n) is 13.6. The first-order chi connectivity index (χ1) is 10.8. The van der Waals surface area contributed by atoms with Gasteiger partial charge in [0, 0.05) is 26.3 Å². The number of aliphatic imine (C=N–C) groups is 1. The van der Waals surface area contributed by atoms with Crippen LogP contribution in [-0.2, 0) is 22.6 Å². The highest BCUT2D eigenvalue weighted by atomic mass is 16.5. The van der Waals surface area contributed by atoms with Crippen molar-refractivity contribution in [1.82, 2.24) is 10.6 Å². The molecule has 0 aromatic heterocycles. The Morgan fingerprint density at radius 3 is 2.59 bits per heavy atom. The van der Waals surface area contributed by atoms with Crippen molar-refractivity contribution < 1.29 is 9.47 Å². The molecule has 1 aromatic rings. The fraction of sp³-hybridized carbons (Fsp3) is 0.588. The second kappa shape index (κ2) is 9.43. The monoisotopic (exact) mass is 305 g/mol. The van der Waals surface area contributed by atoms with Crippen LogP contribution in [0.25, 0.3) is 0 Å². The van der Waals surface area contributed by atoms with Gasteiger partial charge < -0.3 is 20.1 Å². The third-order valence-corrected chi connectivity index (χ3v) is 3.43. The summed E-state index contributed by atoms with van der Waals surface area (Å²) < 4.78 is 10.5. The van der Waals surface area contributed by atoms with Crippen LogP contribution in [-0.4, -0.2) is 38.9 Å². The van der Waals surface area contributed by atoms with Gasteiger partial charge in [0.1, 0.15) is 0 Å². The lowest BCUT2D eigenvalue weighted by Crippen LogP contribution is -2.40. The number of benzene rings is 1. The lowest BCUT2D eigenvalue weighted by molar-refractivity contribution is 0.134. The lowest BCUT2D eigenvalue weighted by atomic mass is 10.1. The molecule has 2 N–H and O–H groups in total. The van der Waals surface area contributed by atoms with E-state index in [-0.39, 0.29) is 0 Å². The van der Waals surface area contributed by atoms with E-state index in [1.54, 1.807) is 7.11 Å². The van der Waals surface area contributed by atoms with Crippen molar-refractivity contribution in [2.75, 3.05) is 26.9 Å². The van der Waals surface area contributed by atoms with Crippen LogP contribution in [0.3, 0.4) is 0 Å². The first kappa shape index (κ1) is 16.8. The minimum atomic E-state index is 0.586. The van der Waals surface area contributed by atoms with E-state index in [1.807, 2.05) is 6.92 Å². The first-order valence-corrected chi connectivity index (χ1v) is 8.01. The van der Waals surface area contributed by atoms with Gasteiger partial charge in [0.25, 0.3) is 0 Å². The summed E-state index contributed by atoms with van der Waals surface area (Å²) in [4.78, 5) is 4.65. The molecule has 0 saturated heterocycles. The van der Waals surface area contributed by atoms with Crippen LogP contribution in [0.15, 0.2) is 29.3 Å². The van der Waals surface area contributed by atoms with Crippen LogP contribution < -0.4 is 10.6 Å². The maximum atomic E-state index is 5.40. The van der Waals surface area contributed by atoms with E-state index >= 15 is 0 Å². The summed E-state index contributed by atoms with van der Waals surface area (Å²) in [6.45, 7) is 5.54. The van der Waals surface area contributed by atoms with Crippen LogP contribution in [0.2, 0.25) is 0 Å². The second-order valence-electron chi connectivity index (χ2n) is 5.46. The zero-order valence-corrected chi connectivity index (χ0v) is 13.6. The zero-order chi connectivity index (χ0) is 15.6. The van der Waals surface area contributed by atoms with E-state index in [1.165, 1.54) is 24.0 Å². The summed E-state index contributed by atoms with van der Waals surface area (Å²) in [6, 6.07) is 9.02. The van der Waals surface area contributed by atoms with Crippen molar-refractivity contribution in [3.8, 4) is 0 Å². The summed E-state index contributed by atoms with van der Waals surface area (Å²) in [7, 11) is 1.70. The number of ether oxygens (including phenoxy) is 2. The molecule has 1 aromatic carbocycles. The fourth-order valence-electron chi connectivity index (χ4n) is 1.98. The number of rotatable bonds is 9. The van der Waals surface area contributed by atoms with E-state index in [9.17, 15) is 0 Å². The van der Waals surface area contributed by atoms with E-state index in [0.29, 0.717) is 25.8 Å². The van der Waals surface area contributed by atoms with Gasteiger partial charge in [0.15, 0.2) is 5.96 Å². The molecule has 0 bridgehead atoms. The number of methoxy groups -OCH3 is 1. The first-order valence-electron chi connectivity index (χ1n) is 8.01. The summed E-state index contributed by atoms with van der Waals surface area (Å²) in [5, 5.41) is 6.72. The lowest BCUT2D eigenvalue weighted by Gasteiger charge is -2.11. The van der Waals surface area contributed by atoms with Gasteiger partial charge in [-0.3, -0.25) is 0 Å². The normalized spacial score (nSPS) is 14.9. The fourth-order valence-corrected chi connectivity index (χ4v) is 1.98. The van der Waals surface area contributed by atoms with Crippen LogP contribution in [0.4, 0.5) is 0 Å². The Kier molecular flexibility index (Phi) is 7.19. The Morgan fingerprint density at radius 1 is 1.23 bits per heavy atom. The van der Waals surface area contributed by atoms with Crippen molar-refractivity contribution in [2.45, 2.75) is 39.0 Å². The number of nitrogens with one attached hydrogen (secondary N) is 2. The summed E-state index contributed by atoms with van der Waals surface area (Å²) in [6.07, 6.45) is 2.47. The molecule has 1 aliphatic rings. The molecule has 22 heavy (non-hydrogen) atoms. The predicted octanol–water partition coefficient (Wildman–Crippen LogP) is 2.07. The summed E-state index contributed by atoms with van der Waals surface area (Å²) >= 11 is 0. The van der Waals surface area contributed by atoms with E-state index in [4.69, 9.17) is 9.47 Å². The molecule has 0 radical (unpaired) electrons. The molecule has 0 spiro atoms. The molecule has 5 heteroatoms. The predicted molar refractivity (Wildman–Crippen MR) is 88.9 cm³/mol. The molecule has 2 rings (SSSR count). The SMILES string of the molecule is CCOCc1ccc(CN=C(NCCOC)NC2CC2)cc1.